The van der Waals surface area contributed by atoms with Gasteiger partial charge in [0.25, 0.3) is 16.4 Å². The highest BCUT2D eigenvalue weighted by Crippen LogP contribution is 2.31. The Morgan fingerprint density at radius 1 is 1.21 bits per heavy atom. The number of ether oxygens (including phenoxy) is 1. The first-order valence-corrected chi connectivity index (χ1v) is 10.1. The number of nitrogens with one attached hydrogen (secondary N) is 3. The molecule has 0 saturated carbocycles. The number of piperazine rings is 1. The Labute approximate surface area is 183 Å². The third-order valence-electron chi connectivity index (χ3n) is 5.78. The summed E-state index contributed by atoms with van der Waals surface area (Å²) in [6.07, 6.45) is -3.66. The van der Waals surface area contributed by atoms with Gasteiger partial charge in [0.15, 0.2) is 17.4 Å². The van der Waals surface area contributed by atoms with Crippen molar-refractivity contribution in [3.8, 4) is 0 Å². The number of H-pyrrole nitrogens is 1. The molecule has 2 aromatic heterocycles. The van der Waals surface area contributed by atoms with Gasteiger partial charge in [0.2, 0.25) is 11.9 Å². The van der Waals surface area contributed by atoms with E-state index < -0.39 is 41.0 Å². The zero-order valence-electron chi connectivity index (χ0n) is 17.0. The summed E-state index contributed by atoms with van der Waals surface area (Å²) in [6.45, 7) is 0.550. The van der Waals surface area contributed by atoms with E-state index in [-0.39, 0.29) is 47.5 Å². The van der Waals surface area contributed by atoms with Gasteiger partial charge in [-0.05, 0) is 0 Å². The molecule has 2 saturated heterocycles. The van der Waals surface area contributed by atoms with E-state index in [0.29, 0.717) is 13.1 Å². The number of aromatic nitrogens is 4. The molecule has 3 aromatic rings. The van der Waals surface area contributed by atoms with Crippen molar-refractivity contribution in [1.29, 1.82) is 0 Å². The third-order valence-corrected chi connectivity index (χ3v) is 5.78. The maximum Gasteiger partial charge on any atom is 0.280 e. The Balaban J connectivity index is 1.34. The van der Waals surface area contributed by atoms with Gasteiger partial charge in [-0.2, -0.15) is 4.98 Å². The maximum atomic E-state index is 12.1. The van der Waals surface area contributed by atoms with Gasteiger partial charge in [0, 0.05) is 19.6 Å². The van der Waals surface area contributed by atoms with Crippen LogP contribution in [0.2, 0.25) is 0 Å². The van der Waals surface area contributed by atoms with Crippen LogP contribution in [0.3, 0.4) is 0 Å². The number of aliphatic hydroxyl groups is 2. The average Bonchev–Trinajstić information content (AvgIpc) is 3.32. The molecule has 2 aliphatic rings. The number of imidazole rings is 1. The van der Waals surface area contributed by atoms with Crippen molar-refractivity contribution >= 4 is 34.4 Å². The first-order valence-electron chi connectivity index (χ1n) is 10.1. The number of fused-ring (bicyclic) bond motifs is 1. The molecule has 4 heterocycles. The summed E-state index contributed by atoms with van der Waals surface area (Å²) in [4.78, 5) is 59.6. The standard InChI is InChI=1S/C18H20N8O7/c19-18-23-15-9(16(32)24-18)22-5-26(15)17-14(31)11(28)6(33-17)3-21-8-10(13(30)12(8)29)25-2-1-20-7(27)4-25/h5-6,11,14,17,21,28,31H,1-4H2,(H,20,27)(H3,19,23,24,32)/t6-,11-,14-,17+/m1/s1. The number of aliphatic hydroxyl groups excluding tert-OH is 2. The zero-order valence-corrected chi connectivity index (χ0v) is 17.0. The lowest BCUT2D eigenvalue weighted by Gasteiger charge is -2.31. The SMILES string of the molecule is Nc1nc2c(ncn2[C@H]2O[C@H](CNc3c(N4CCNC(=O)C4)c(=O)c3=O)[C@@H](O)[C@H]2O)c(=O)[nH]1. The molecule has 4 atom stereocenters. The van der Waals surface area contributed by atoms with Crippen LogP contribution in [-0.4, -0.2) is 80.1 Å². The highest BCUT2D eigenvalue weighted by Gasteiger charge is 2.44. The molecule has 1 amide bonds. The lowest BCUT2D eigenvalue weighted by molar-refractivity contribution is -0.120. The second kappa shape index (κ2) is 7.65. The van der Waals surface area contributed by atoms with Crippen molar-refractivity contribution in [2.45, 2.75) is 24.5 Å². The summed E-state index contributed by atoms with van der Waals surface area (Å²) in [5, 5.41) is 26.5. The van der Waals surface area contributed by atoms with E-state index in [9.17, 15) is 29.4 Å². The highest BCUT2D eigenvalue weighted by molar-refractivity contribution is 5.86. The third kappa shape index (κ3) is 3.33. The Morgan fingerprint density at radius 3 is 2.76 bits per heavy atom. The van der Waals surface area contributed by atoms with Crippen LogP contribution in [0.1, 0.15) is 6.23 Å². The molecular weight excluding hydrogens is 440 g/mol. The number of carbonyl (C=O) groups is 1. The van der Waals surface area contributed by atoms with Crippen LogP contribution in [0.5, 0.6) is 0 Å². The van der Waals surface area contributed by atoms with Gasteiger partial charge in [0.05, 0.1) is 12.9 Å². The second-order valence-electron chi connectivity index (χ2n) is 7.86. The molecule has 0 aliphatic carbocycles. The van der Waals surface area contributed by atoms with E-state index in [2.05, 4.69) is 25.6 Å². The molecule has 2 fully saturated rings. The van der Waals surface area contributed by atoms with E-state index >= 15 is 0 Å². The van der Waals surface area contributed by atoms with E-state index in [1.54, 1.807) is 0 Å². The Bertz CT molecular complexity index is 1370. The van der Waals surface area contributed by atoms with Gasteiger partial charge < -0.3 is 36.2 Å². The Morgan fingerprint density at radius 2 is 2.00 bits per heavy atom. The summed E-state index contributed by atoms with van der Waals surface area (Å²) in [5.41, 5.74) is 3.77. The van der Waals surface area contributed by atoms with Crippen LogP contribution in [0.15, 0.2) is 20.7 Å². The smallest absolute Gasteiger partial charge is 0.280 e. The monoisotopic (exact) mass is 460 g/mol. The first kappa shape index (κ1) is 21.0. The fourth-order valence-electron chi connectivity index (χ4n) is 4.13. The summed E-state index contributed by atoms with van der Waals surface area (Å²) in [7, 11) is 0. The largest absolute Gasteiger partial charge is 0.387 e. The fourth-order valence-corrected chi connectivity index (χ4v) is 4.13. The predicted octanol–water partition coefficient (Wildman–Crippen LogP) is -4.03. The number of nitrogens with two attached hydrogens (primary N) is 1. The first-order chi connectivity index (χ1) is 15.8. The molecule has 7 N–H and O–H groups in total. The summed E-state index contributed by atoms with van der Waals surface area (Å²) in [5.74, 6) is -0.416. The van der Waals surface area contributed by atoms with Gasteiger partial charge in [-0.1, -0.05) is 0 Å². The molecule has 15 heteroatoms. The number of nitrogen functional groups attached to an aromatic ring is 1. The van der Waals surface area contributed by atoms with Crippen LogP contribution in [0, 0.1) is 0 Å². The maximum absolute atomic E-state index is 12.1. The van der Waals surface area contributed by atoms with Crippen molar-refractivity contribution in [1.82, 2.24) is 24.8 Å². The van der Waals surface area contributed by atoms with E-state index in [0.717, 1.165) is 0 Å². The molecule has 2 aliphatic heterocycles. The predicted molar refractivity (Wildman–Crippen MR) is 114 cm³/mol. The number of carbonyl (C=O) groups excluding carboxylic acids is 1. The van der Waals surface area contributed by atoms with Gasteiger partial charge in [0.1, 0.15) is 29.7 Å². The van der Waals surface area contributed by atoms with E-state index in [4.69, 9.17) is 10.5 Å². The fraction of sp³-hybridized carbons (Fsp3) is 0.444. The van der Waals surface area contributed by atoms with Gasteiger partial charge >= 0.3 is 0 Å². The molecule has 33 heavy (non-hydrogen) atoms. The molecule has 0 unspecified atom stereocenters. The molecule has 15 nitrogen and oxygen atoms in total. The van der Waals surface area contributed by atoms with Crippen LogP contribution in [0.4, 0.5) is 17.3 Å². The van der Waals surface area contributed by atoms with Crippen LogP contribution >= 0.6 is 0 Å². The molecular formula is C18H20N8O7. The van der Waals surface area contributed by atoms with E-state index in [1.807, 2.05) is 0 Å². The number of rotatable bonds is 5. The minimum Gasteiger partial charge on any atom is -0.387 e. The van der Waals surface area contributed by atoms with Crippen molar-refractivity contribution in [2.75, 3.05) is 42.1 Å². The Hall–Kier alpha value is -3.82. The van der Waals surface area contributed by atoms with Gasteiger partial charge in [-0.3, -0.25) is 28.7 Å². The van der Waals surface area contributed by atoms with Crippen molar-refractivity contribution in [2.24, 2.45) is 0 Å². The number of anilines is 3. The minimum absolute atomic E-state index is 0.0185. The summed E-state index contributed by atoms with van der Waals surface area (Å²) >= 11 is 0. The number of amides is 1. The molecule has 0 spiro atoms. The number of aromatic amines is 1. The molecule has 0 bridgehead atoms. The zero-order chi connectivity index (χ0) is 23.4. The normalized spacial score (nSPS) is 25.6. The lowest BCUT2D eigenvalue weighted by atomic mass is 10.1. The highest BCUT2D eigenvalue weighted by atomic mass is 16.6. The number of nitrogens with zero attached hydrogens (tertiary/aromatic N) is 4. The van der Waals surface area contributed by atoms with Crippen molar-refractivity contribution in [3.63, 3.8) is 0 Å². The Kier molecular flexibility index (Phi) is 4.88. The van der Waals surface area contributed by atoms with Crippen LogP contribution < -0.4 is 37.7 Å². The molecule has 5 rings (SSSR count). The summed E-state index contributed by atoms with van der Waals surface area (Å²) < 4.78 is 7.05. The molecule has 174 valence electrons. The topological polar surface area (TPSA) is 218 Å². The second-order valence-corrected chi connectivity index (χ2v) is 7.86. The van der Waals surface area contributed by atoms with Gasteiger partial charge in [-0.15, -0.1) is 0 Å². The van der Waals surface area contributed by atoms with Gasteiger partial charge in [-0.25, -0.2) is 4.98 Å². The summed E-state index contributed by atoms with van der Waals surface area (Å²) in [6, 6.07) is 0. The number of hydrogen-bond acceptors (Lipinski definition) is 12. The molecule has 1 aromatic carbocycles. The van der Waals surface area contributed by atoms with Crippen LogP contribution in [-0.2, 0) is 9.53 Å². The minimum atomic E-state index is -1.41. The average molecular weight is 460 g/mol. The van der Waals surface area contributed by atoms with E-state index in [1.165, 1.54) is 15.8 Å². The number of hydrogen-bond donors (Lipinski definition) is 6. The van der Waals surface area contributed by atoms with Crippen molar-refractivity contribution < 1.29 is 19.7 Å². The van der Waals surface area contributed by atoms with Crippen molar-refractivity contribution in [3.05, 3.63) is 37.1 Å². The molecule has 0 radical (unpaired) electrons. The quantitative estimate of drug-likeness (QED) is 0.201. The lowest BCUT2D eigenvalue weighted by Crippen LogP contribution is -2.53. The van der Waals surface area contributed by atoms with Crippen LogP contribution in [0.25, 0.3) is 11.2 Å².